The molecule has 2 aromatic rings. The molecule has 0 spiro atoms. The summed E-state index contributed by atoms with van der Waals surface area (Å²) in [5, 5.41) is 10.2. The molecule has 0 saturated carbocycles. The average molecular weight is 256 g/mol. The summed E-state index contributed by atoms with van der Waals surface area (Å²) >= 11 is 0. The van der Waals surface area contributed by atoms with E-state index in [4.69, 9.17) is 0 Å². The molecule has 1 aromatic carbocycles. The minimum Gasteiger partial charge on any atom is -0.393 e. The Morgan fingerprint density at radius 2 is 2.21 bits per heavy atom. The van der Waals surface area contributed by atoms with Gasteiger partial charge in [0.1, 0.15) is 0 Å². The third-order valence-corrected chi connectivity index (χ3v) is 3.98. The third kappa shape index (κ3) is 2.19. The second-order valence-corrected chi connectivity index (χ2v) is 5.32. The number of rotatable bonds is 5. The van der Waals surface area contributed by atoms with Crippen molar-refractivity contribution in [1.29, 1.82) is 0 Å². The Bertz CT molecular complexity index is 561. The molecule has 0 aliphatic carbocycles. The van der Waals surface area contributed by atoms with Crippen LogP contribution in [0.5, 0.6) is 0 Å². The molecular weight excluding hydrogens is 236 g/mol. The lowest BCUT2D eigenvalue weighted by Gasteiger charge is -2.18. The molecule has 3 nitrogen and oxygen atoms in total. The van der Waals surface area contributed by atoms with Gasteiger partial charge in [0, 0.05) is 5.56 Å². The lowest BCUT2D eigenvalue weighted by atomic mass is 9.97. The number of imidazole rings is 1. The van der Waals surface area contributed by atoms with Crippen molar-refractivity contribution in [2.24, 2.45) is 0 Å². The van der Waals surface area contributed by atoms with Gasteiger partial charge in [0.05, 0.1) is 30.4 Å². The highest BCUT2D eigenvalue weighted by Gasteiger charge is 2.29. The maximum atomic E-state index is 10.2. The minimum atomic E-state index is -0.230. The van der Waals surface area contributed by atoms with Gasteiger partial charge in [-0.25, -0.2) is 4.98 Å². The number of hydrogen-bond donors (Lipinski definition) is 1. The maximum absolute atomic E-state index is 10.2. The van der Waals surface area contributed by atoms with Gasteiger partial charge in [-0.2, -0.15) is 0 Å². The summed E-state index contributed by atoms with van der Waals surface area (Å²) in [6, 6.07) is 8.68. The van der Waals surface area contributed by atoms with E-state index in [1.807, 2.05) is 12.5 Å². The zero-order valence-corrected chi connectivity index (χ0v) is 11.3. The maximum Gasteiger partial charge on any atom is 0.0956 e. The smallest absolute Gasteiger partial charge is 0.0956 e. The van der Waals surface area contributed by atoms with Crippen LogP contribution < -0.4 is 0 Å². The lowest BCUT2D eigenvalue weighted by molar-refractivity contribution is 0.139. The van der Waals surface area contributed by atoms with Gasteiger partial charge in [-0.3, -0.25) is 0 Å². The molecule has 3 rings (SSSR count). The van der Waals surface area contributed by atoms with Gasteiger partial charge < -0.3 is 9.67 Å². The molecule has 2 atom stereocenters. The number of aliphatic hydroxyl groups excluding tert-OH is 1. The Hall–Kier alpha value is -1.61. The van der Waals surface area contributed by atoms with Crippen molar-refractivity contribution in [2.45, 2.75) is 44.8 Å². The third-order valence-electron chi connectivity index (χ3n) is 3.98. The fraction of sp³-hybridized carbons (Fsp3) is 0.438. The van der Waals surface area contributed by atoms with Crippen LogP contribution in [0.25, 0.3) is 11.3 Å². The quantitative estimate of drug-likeness (QED) is 0.890. The van der Waals surface area contributed by atoms with Crippen molar-refractivity contribution >= 4 is 0 Å². The fourth-order valence-corrected chi connectivity index (χ4v) is 2.99. The first-order valence-electron chi connectivity index (χ1n) is 7.10. The summed E-state index contributed by atoms with van der Waals surface area (Å²) in [5.74, 6) is 0. The molecule has 2 heterocycles. The van der Waals surface area contributed by atoms with Gasteiger partial charge in [0.15, 0.2) is 0 Å². The number of hydrogen-bond acceptors (Lipinski definition) is 2. The number of fused-ring (bicyclic) bond motifs is 3. The van der Waals surface area contributed by atoms with Crippen molar-refractivity contribution in [3.63, 3.8) is 0 Å². The minimum absolute atomic E-state index is 0.230. The Kier molecular flexibility index (Phi) is 3.38. The molecule has 1 aliphatic heterocycles. The molecule has 3 heteroatoms. The molecule has 0 saturated heterocycles. The first-order valence-corrected chi connectivity index (χ1v) is 7.10. The zero-order chi connectivity index (χ0) is 13.2. The zero-order valence-electron chi connectivity index (χ0n) is 11.3. The molecule has 0 bridgehead atoms. The van der Waals surface area contributed by atoms with Crippen LogP contribution in [-0.4, -0.2) is 20.8 Å². The molecule has 0 fully saturated rings. The SMILES string of the molecule is CCCCC(O)CC1c2ccccc2-c2cncn21. The average Bonchev–Trinajstić information content (AvgIpc) is 3.00. The molecule has 2 unspecified atom stereocenters. The van der Waals surface area contributed by atoms with Gasteiger partial charge in [-0.05, 0) is 18.4 Å². The van der Waals surface area contributed by atoms with E-state index in [0.717, 1.165) is 25.7 Å². The van der Waals surface area contributed by atoms with Crippen molar-refractivity contribution in [2.75, 3.05) is 0 Å². The predicted octanol–water partition coefficient (Wildman–Crippen LogP) is 3.39. The summed E-state index contributed by atoms with van der Waals surface area (Å²) in [7, 11) is 0. The van der Waals surface area contributed by atoms with Crippen LogP contribution in [0, 0.1) is 0 Å². The van der Waals surface area contributed by atoms with E-state index < -0.39 is 0 Å². The molecular formula is C16H20N2O. The van der Waals surface area contributed by atoms with Crippen molar-refractivity contribution < 1.29 is 5.11 Å². The summed E-state index contributed by atoms with van der Waals surface area (Å²) in [4.78, 5) is 4.24. The van der Waals surface area contributed by atoms with E-state index in [9.17, 15) is 5.11 Å². The second kappa shape index (κ2) is 5.17. The standard InChI is InChI=1S/C16H20N2O/c1-2-3-6-12(19)9-15-13-7-4-5-8-14(13)16-10-17-11-18(15)16/h4-5,7-8,10-12,15,19H,2-3,6,9H2,1H3. The van der Waals surface area contributed by atoms with Crippen LogP contribution in [0.1, 0.15) is 44.2 Å². The number of unbranched alkanes of at least 4 members (excludes halogenated alkanes) is 1. The Balaban J connectivity index is 1.86. The van der Waals surface area contributed by atoms with E-state index >= 15 is 0 Å². The second-order valence-electron chi connectivity index (χ2n) is 5.32. The first kappa shape index (κ1) is 12.4. The Morgan fingerprint density at radius 1 is 1.37 bits per heavy atom. The summed E-state index contributed by atoms with van der Waals surface area (Å²) in [5.41, 5.74) is 3.74. The predicted molar refractivity (Wildman–Crippen MR) is 76.0 cm³/mol. The van der Waals surface area contributed by atoms with Crippen LogP contribution in [0.3, 0.4) is 0 Å². The van der Waals surface area contributed by atoms with E-state index in [1.54, 1.807) is 0 Å². The van der Waals surface area contributed by atoms with E-state index in [-0.39, 0.29) is 12.1 Å². The van der Waals surface area contributed by atoms with Crippen LogP contribution >= 0.6 is 0 Å². The van der Waals surface area contributed by atoms with Crippen LogP contribution in [-0.2, 0) is 0 Å². The summed E-state index contributed by atoms with van der Waals surface area (Å²) < 4.78 is 2.19. The van der Waals surface area contributed by atoms with Gasteiger partial charge >= 0.3 is 0 Å². The highest BCUT2D eigenvalue weighted by molar-refractivity contribution is 5.68. The lowest BCUT2D eigenvalue weighted by Crippen LogP contribution is -2.15. The Morgan fingerprint density at radius 3 is 3.05 bits per heavy atom. The van der Waals surface area contributed by atoms with Crippen LogP contribution in [0.15, 0.2) is 36.8 Å². The topological polar surface area (TPSA) is 38.1 Å². The van der Waals surface area contributed by atoms with Crippen molar-refractivity contribution in [1.82, 2.24) is 9.55 Å². The molecule has 0 radical (unpaired) electrons. The number of aromatic nitrogens is 2. The molecule has 100 valence electrons. The van der Waals surface area contributed by atoms with Gasteiger partial charge in [0.25, 0.3) is 0 Å². The van der Waals surface area contributed by atoms with E-state index in [1.165, 1.54) is 16.8 Å². The molecule has 1 aliphatic rings. The Labute approximate surface area is 113 Å². The highest BCUT2D eigenvalue weighted by atomic mass is 16.3. The van der Waals surface area contributed by atoms with Gasteiger partial charge in [-0.15, -0.1) is 0 Å². The normalized spacial score (nSPS) is 18.1. The van der Waals surface area contributed by atoms with Crippen molar-refractivity contribution in [3.05, 3.63) is 42.4 Å². The molecule has 19 heavy (non-hydrogen) atoms. The van der Waals surface area contributed by atoms with Gasteiger partial charge in [0.2, 0.25) is 0 Å². The summed E-state index contributed by atoms with van der Waals surface area (Å²) in [6.45, 7) is 2.16. The van der Waals surface area contributed by atoms with E-state index in [0.29, 0.717) is 0 Å². The fourth-order valence-electron chi connectivity index (χ4n) is 2.99. The largest absolute Gasteiger partial charge is 0.393 e. The van der Waals surface area contributed by atoms with Gasteiger partial charge in [-0.1, -0.05) is 44.0 Å². The first-order chi connectivity index (χ1) is 9.31. The van der Waals surface area contributed by atoms with E-state index in [2.05, 4.69) is 40.7 Å². The molecule has 1 aromatic heterocycles. The monoisotopic (exact) mass is 256 g/mol. The number of nitrogens with zero attached hydrogens (tertiary/aromatic N) is 2. The van der Waals surface area contributed by atoms with Crippen molar-refractivity contribution in [3.8, 4) is 11.3 Å². The van der Waals surface area contributed by atoms with Crippen LogP contribution in [0.2, 0.25) is 0 Å². The molecule has 0 amide bonds. The van der Waals surface area contributed by atoms with Crippen LogP contribution in [0.4, 0.5) is 0 Å². The highest BCUT2D eigenvalue weighted by Crippen LogP contribution is 2.41. The molecule has 1 N–H and O–H groups in total. The number of benzene rings is 1. The number of aliphatic hydroxyl groups is 1. The summed E-state index contributed by atoms with van der Waals surface area (Å²) in [6.07, 6.45) is 7.45.